The van der Waals surface area contributed by atoms with Gasteiger partial charge in [-0.3, -0.25) is 48.1 Å². The Hall–Kier alpha value is -8.77. The fraction of sp³-hybridized carbons (Fsp3) is 0.453. The number of carboxylic acids is 1. The average molecular weight is 1270 g/mol. The molecule has 1 aliphatic heterocycles. The first-order valence-corrected chi connectivity index (χ1v) is 29.0. The molecular formula is C53H70F9N13O11P-. The Morgan fingerprint density at radius 3 is 1.95 bits per heavy atom. The van der Waals surface area contributed by atoms with Crippen molar-refractivity contribution < 1.29 is 91.4 Å². The van der Waals surface area contributed by atoms with Gasteiger partial charge in [-0.1, -0.05) is 80.4 Å². The van der Waals surface area contributed by atoms with Crippen molar-refractivity contribution in [2.24, 2.45) is 22.2 Å². The van der Waals surface area contributed by atoms with Crippen molar-refractivity contribution in [1.82, 2.24) is 47.5 Å². The van der Waals surface area contributed by atoms with Crippen molar-refractivity contribution in [1.29, 1.82) is 0 Å². The number of carboxylic acid groups (broad SMARTS) is 1. The van der Waals surface area contributed by atoms with Crippen LogP contribution in [0.25, 0.3) is 21.7 Å². The van der Waals surface area contributed by atoms with Gasteiger partial charge in [0.05, 0.1) is 6.42 Å². The summed E-state index contributed by atoms with van der Waals surface area (Å²) >= 11 is 0. The van der Waals surface area contributed by atoms with Crippen molar-refractivity contribution >= 4 is 94.6 Å². The molecule has 6 unspecified atom stereocenters. The van der Waals surface area contributed by atoms with Crippen LogP contribution in [0, 0.1) is 0 Å². The number of alkyl halides is 3. The Kier molecular flexibility index (Phi) is 26.8. The molecule has 3 aromatic carbocycles. The van der Waals surface area contributed by atoms with Gasteiger partial charge in [-0.15, -0.1) is 0 Å². The molecule has 87 heavy (non-hydrogen) atoms. The smallest absolute Gasteiger partial charge is 0.475 e. The molecule has 24 nitrogen and oxygen atoms in total. The summed E-state index contributed by atoms with van der Waals surface area (Å²) in [5.41, 5.74) is 19.1. The zero-order valence-corrected chi connectivity index (χ0v) is 48.0. The number of aliphatic imine (C=N–C) groups is 1. The minimum atomic E-state index is -10.7. The Labute approximate surface area is 491 Å². The zero-order valence-electron chi connectivity index (χ0n) is 47.1. The molecule has 0 spiro atoms. The topological polar surface area (TPSA) is 393 Å². The van der Waals surface area contributed by atoms with E-state index in [-0.39, 0.29) is 77.0 Å². The maximum atomic E-state index is 14.5. The molecule has 0 aliphatic carbocycles. The van der Waals surface area contributed by atoms with Gasteiger partial charge in [0, 0.05) is 62.9 Å². The number of aromatic amines is 1. The molecule has 1 fully saturated rings. The number of hydrogen-bond donors (Lipinski definition) is 13. The van der Waals surface area contributed by atoms with Crippen LogP contribution in [0.3, 0.4) is 0 Å². The molecule has 4 aromatic rings. The van der Waals surface area contributed by atoms with Crippen LogP contribution in [0.15, 0.2) is 77.9 Å². The van der Waals surface area contributed by atoms with E-state index in [2.05, 4.69) is 52.5 Å². The molecule has 16 N–H and O–H groups in total. The number of carbonyl (C=O) groups is 10. The number of aliphatic carboxylic acids is 1. The second kappa shape index (κ2) is 32.1. The number of carbonyl (C=O) groups excluding carboxylic acids is 9. The standard InChI is InChI=1S/C51H69N13O9.C2HF3O2.F6P/c1-3-4-15-38(59-30(2)65)47(70)64-42-28-44(67)55-22-10-9-17-37(45(52)68)61-50(73)41(27-34-29-58-36-16-8-7-14-35(34)36)63-48(71)39(18-11-23-57-51(53)54)62-49(72)40(60-43(66)21-24-56-46(42)69)26-31-19-20-32-12-5-6-13-33(32)25-31;3-2(4,5)1(6)7;1-7(2,3,4,5)6/h5-8,12-14,16,19-20,25,29,37-42,58H,3-4,9-11,15,17-18,21-24,26-28H2,1-2H3,(H2,52,68)(H,55,67)(H,56,69)(H,59,65)(H,60,66)(H,61,73)(H,62,72)(H,63,71)(H,64,70)(H4,53,54,57);(H,6,7);/q;;-1. The van der Waals surface area contributed by atoms with Gasteiger partial charge in [0.15, 0.2) is 5.96 Å². The summed E-state index contributed by atoms with van der Waals surface area (Å²) in [5, 5.41) is 31.3. The number of halogens is 9. The summed E-state index contributed by atoms with van der Waals surface area (Å²) in [5.74, 6) is -9.23. The molecule has 9 amide bonds. The quantitative estimate of drug-likeness (QED) is 0.0264. The van der Waals surface area contributed by atoms with E-state index in [9.17, 15) is 81.5 Å². The molecule has 1 aliphatic rings. The molecule has 482 valence electrons. The van der Waals surface area contributed by atoms with Gasteiger partial charge in [0.2, 0.25) is 53.2 Å². The predicted octanol–water partition coefficient (Wildman–Crippen LogP) is 3.98. The number of para-hydroxylation sites is 1. The van der Waals surface area contributed by atoms with Crippen LogP contribution in [0.5, 0.6) is 0 Å². The normalized spacial score (nSPS) is 20.1. The van der Waals surface area contributed by atoms with E-state index in [1.807, 2.05) is 73.7 Å². The minimum absolute atomic E-state index is 0.0131. The molecule has 0 radical (unpaired) electrons. The van der Waals surface area contributed by atoms with E-state index < -0.39 is 116 Å². The Bertz CT molecular complexity index is 3100. The van der Waals surface area contributed by atoms with Crippen LogP contribution < -0.4 is 59.7 Å². The number of guanidine groups is 1. The Morgan fingerprint density at radius 2 is 1.33 bits per heavy atom. The SMILES string of the molecule is CCCCC(NC(C)=O)C(=O)NC1CC(=O)NCCCCC(C(N)=O)NC(=O)C(Cc2c[nH]c3ccccc23)NC(=O)C(CCCN=C(N)N)NC(=O)C(Cc2ccc3ccccc3c2)NC(=O)CCNC1=O.F[P-](F)(F)(F)(F)F.O=C(O)C(F)(F)F. The van der Waals surface area contributed by atoms with Gasteiger partial charge in [0.1, 0.15) is 36.3 Å². The maximum absolute atomic E-state index is 14.5. The molecule has 1 aromatic heterocycles. The second-order valence-corrected chi connectivity index (χ2v) is 21.8. The third kappa shape index (κ3) is 29.3. The fourth-order valence-corrected chi connectivity index (χ4v) is 8.47. The van der Waals surface area contributed by atoms with Crippen LogP contribution in [-0.4, -0.2) is 137 Å². The third-order valence-electron chi connectivity index (χ3n) is 12.6. The number of unbranched alkanes of at least 4 members (excludes halogenated alkanes) is 1. The van der Waals surface area contributed by atoms with E-state index in [0.717, 1.165) is 28.1 Å². The zero-order chi connectivity index (χ0) is 65.4. The van der Waals surface area contributed by atoms with Crippen molar-refractivity contribution in [3.63, 3.8) is 0 Å². The molecule has 5 rings (SSSR count). The van der Waals surface area contributed by atoms with E-state index >= 15 is 0 Å². The first-order valence-electron chi connectivity index (χ1n) is 27.0. The van der Waals surface area contributed by atoms with Gasteiger partial charge < -0.3 is 69.8 Å². The summed E-state index contributed by atoms with van der Waals surface area (Å²) in [7, 11) is -10.7. The van der Waals surface area contributed by atoms with Crippen molar-refractivity contribution in [3.8, 4) is 0 Å². The van der Waals surface area contributed by atoms with Gasteiger partial charge in [-0.25, -0.2) is 4.79 Å². The summed E-state index contributed by atoms with van der Waals surface area (Å²) in [6.07, 6.45) is -1.87. The number of rotatable bonds is 15. The van der Waals surface area contributed by atoms with Gasteiger partial charge in [-0.2, -0.15) is 13.2 Å². The molecule has 6 atom stereocenters. The van der Waals surface area contributed by atoms with Crippen LogP contribution in [0.4, 0.5) is 38.4 Å². The van der Waals surface area contributed by atoms with Gasteiger partial charge in [0.25, 0.3) is 0 Å². The van der Waals surface area contributed by atoms with E-state index in [0.29, 0.717) is 24.0 Å². The number of nitrogens with two attached hydrogens (primary N) is 3. The summed E-state index contributed by atoms with van der Waals surface area (Å²) in [4.78, 5) is 139. The average Bonchev–Trinajstić information content (AvgIpc) is 1.84. The van der Waals surface area contributed by atoms with E-state index in [1.165, 1.54) is 6.92 Å². The Morgan fingerprint density at radius 1 is 0.736 bits per heavy atom. The molecule has 2 heterocycles. The van der Waals surface area contributed by atoms with Crippen LogP contribution in [0.2, 0.25) is 0 Å². The van der Waals surface area contributed by atoms with Gasteiger partial charge in [-0.05, 0) is 66.5 Å². The van der Waals surface area contributed by atoms with Crippen LogP contribution in [-0.2, 0) is 60.8 Å². The monoisotopic (exact) mass is 1270 g/mol. The van der Waals surface area contributed by atoms with E-state index in [1.54, 1.807) is 6.20 Å². The Balaban J connectivity index is 0.00000126. The van der Waals surface area contributed by atoms with Crippen molar-refractivity contribution in [3.05, 3.63) is 84.1 Å². The third-order valence-corrected chi connectivity index (χ3v) is 12.6. The fourth-order valence-electron chi connectivity index (χ4n) is 8.47. The number of hydrogen-bond acceptors (Lipinski definition) is 11. The number of amides is 9. The number of primary amides is 1. The molecule has 1 saturated heterocycles. The predicted molar refractivity (Wildman–Crippen MR) is 302 cm³/mol. The number of benzene rings is 3. The maximum Gasteiger partial charge on any atom is 0.490 e. The number of nitrogens with zero attached hydrogens (tertiary/aromatic N) is 1. The largest absolute Gasteiger partial charge is 0.490 e. The van der Waals surface area contributed by atoms with E-state index in [4.69, 9.17) is 27.1 Å². The number of aromatic nitrogens is 1. The van der Waals surface area contributed by atoms with Crippen LogP contribution >= 0.6 is 7.81 Å². The number of H-pyrrole nitrogens is 1. The van der Waals surface area contributed by atoms with Gasteiger partial charge >= 0.3 is 45.1 Å². The van der Waals surface area contributed by atoms with Crippen molar-refractivity contribution in [2.45, 2.75) is 133 Å². The molecule has 0 saturated carbocycles. The first-order chi connectivity index (χ1) is 40.4. The number of fused-ring (bicyclic) bond motifs is 2. The van der Waals surface area contributed by atoms with Crippen LogP contribution in [0.1, 0.15) is 89.2 Å². The van der Waals surface area contributed by atoms with Crippen molar-refractivity contribution in [2.75, 3.05) is 19.6 Å². The minimum Gasteiger partial charge on any atom is -0.475 e. The molecule has 34 heteroatoms. The summed E-state index contributed by atoms with van der Waals surface area (Å²) in [6.45, 7) is 3.07. The summed E-state index contributed by atoms with van der Waals surface area (Å²) in [6, 6.07) is 13.0. The second-order valence-electron chi connectivity index (χ2n) is 19.9. The molecule has 0 bridgehead atoms. The number of nitrogens with one attached hydrogen (secondary N) is 9. The summed E-state index contributed by atoms with van der Waals surface area (Å²) < 4.78 is 90.9. The first kappa shape index (κ1) is 72.5. The molecular weight excluding hydrogens is 1200 g/mol.